The predicted molar refractivity (Wildman–Crippen MR) is 76.4 cm³/mol. The highest BCUT2D eigenvalue weighted by atomic mass is 14.9. The second-order valence-electron chi connectivity index (χ2n) is 5.68. The molecule has 1 aromatic carbocycles. The molecule has 0 radical (unpaired) electrons. The first kappa shape index (κ1) is 14.2. The van der Waals surface area contributed by atoms with Gasteiger partial charge in [0.2, 0.25) is 0 Å². The van der Waals surface area contributed by atoms with E-state index >= 15 is 0 Å². The summed E-state index contributed by atoms with van der Waals surface area (Å²) in [6, 6.07) is 11.4. The van der Waals surface area contributed by atoms with Crippen LogP contribution in [-0.2, 0) is 5.41 Å². The van der Waals surface area contributed by atoms with Crippen molar-refractivity contribution < 1.29 is 0 Å². The molecule has 1 N–H and O–H groups in total. The van der Waals surface area contributed by atoms with Crippen LogP contribution in [0.3, 0.4) is 0 Å². The Morgan fingerprint density at radius 2 is 1.76 bits per heavy atom. The zero-order valence-electron chi connectivity index (χ0n) is 12.0. The Morgan fingerprint density at radius 3 is 2.24 bits per heavy atom. The number of benzene rings is 1. The zero-order chi connectivity index (χ0) is 12.9. The second-order valence-corrected chi connectivity index (χ2v) is 5.68. The molecule has 2 unspecified atom stereocenters. The molecule has 0 aliphatic rings. The standard InChI is InChI=1S/C16H27N/c1-6-13(2)12-15(17-5)16(3,4)14-10-8-7-9-11-14/h7-11,13,15,17H,6,12H2,1-5H3. The molecule has 0 aliphatic carbocycles. The van der Waals surface area contributed by atoms with E-state index < -0.39 is 0 Å². The van der Waals surface area contributed by atoms with Crippen LogP contribution >= 0.6 is 0 Å². The van der Waals surface area contributed by atoms with Gasteiger partial charge in [0.25, 0.3) is 0 Å². The van der Waals surface area contributed by atoms with Crippen LogP contribution in [0.5, 0.6) is 0 Å². The van der Waals surface area contributed by atoms with E-state index in [9.17, 15) is 0 Å². The first-order valence-electron chi connectivity index (χ1n) is 6.75. The van der Waals surface area contributed by atoms with E-state index in [1.165, 1.54) is 18.4 Å². The molecule has 0 aliphatic heterocycles. The van der Waals surface area contributed by atoms with Gasteiger partial charge in [-0.2, -0.15) is 0 Å². The van der Waals surface area contributed by atoms with Gasteiger partial charge < -0.3 is 5.32 Å². The van der Waals surface area contributed by atoms with E-state index in [0.717, 1.165) is 5.92 Å². The van der Waals surface area contributed by atoms with E-state index in [4.69, 9.17) is 0 Å². The Hall–Kier alpha value is -0.820. The van der Waals surface area contributed by atoms with Crippen LogP contribution in [0.4, 0.5) is 0 Å². The molecule has 0 fully saturated rings. The predicted octanol–water partition coefficient (Wildman–Crippen LogP) is 3.99. The highest BCUT2D eigenvalue weighted by molar-refractivity contribution is 5.25. The topological polar surface area (TPSA) is 12.0 Å². The fraction of sp³-hybridized carbons (Fsp3) is 0.625. The minimum Gasteiger partial charge on any atom is -0.316 e. The highest BCUT2D eigenvalue weighted by Crippen LogP contribution is 2.30. The summed E-state index contributed by atoms with van der Waals surface area (Å²) in [5, 5.41) is 3.51. The number of rotatable bonds is 6. The Balaban J connectivity index is 2.86. The van der Waals surface area contributed by atoms with Gasteiger partial charge in [0.15, 0.2) is 0 Å². The molecule has 0 saturated carbocycles. The van der Waals surface area contributed by atoms with Crippen molar-refractivity contribution >= 4 is 0 Å². The van der Waals surface area contributed by atoms with Crippen molar-refractivity contribution in [3.05, 3.63) is 35.9 Å². The van der Waals surface area contributed by atoms with Crippen LogP contribution in [0.15, 0.2) is 30.3 Å². The summed E-state index contributed by atoms with van der Waals surface area (Å²) >= 11 is 0. The lowest BCUT2D eigenvalue weighted by Gasteiger charge is -2.36. The van der Waals surface area contributed by atoms with Crippen molar-refractivity contribution in [3.8, 4) is 0 Å². The van der Waals surface area contributed by atoms with E-state index in [2.05, 4.69) is 70.4 Å². The maximum atomic E-state index is 3.51. The molecule has 0 aromatic heterocycles. The quantitative estimate of drug-likeness (QED) is 0.783. The molecule has 0 heterocycles. The number of likely N-dealkylation sites (N-methyl/N-ethyl adjacent to an activating group) is 1. The Morgan fingerprint density at radius 1 is 1.18 bits per heavy atom. The molecule has 17 heavy (non-hydrogen) atoms. The van der Waals surface area contributed by atoms with Crippen molar-refractivity contribution in [2.75, 3.05) is 7.05 Å². The fourth-order valence-electron chi connectivity index (χ4n) is 2.41. The molecule has 0 amide bonds. The third kappa shape index (κ3) is 3.57. The SMILES string of the molecule is CCC(C)CC(NC)C(C)(C)c1ccccc1. The first-order chi connectivity index (χ1) is 8.02. The summed E-state index contributed by atoms with van der Waals surface area (Å²) in [5.74, 6) is 0.774. The average molecular weight is 233 g/mol. The van der Waals surface area contributed by atoms with Gasteiger partial charge in [0.05, 0.1) is 0 Å². The summed E-state index contributed by atoms with van der Waals surface area (Å²) in [4.78, 5) is 0. The summed E-state index contributed by atoms with van der Waals surface area (Å²) in [7, 11) is 2.08. The number of nitrogens with one attached hydrogen (secondary N) is 1. The molecule has 1 heteroatoms. The minimum atomic E-state index is 0.180. The lowest BCUT2D eigenvalue weighted by molar-refractivity contribution is 0.297. The molecular formula is C16H27N. The van der Waals surface area contributed by atoms with Crippen LogP contribution in [0, 0.1) is 5.92 Å². The van der Waals surface area contributed by atoms with Crippen LogP contribution in [-0.4, -0.2) is 13.1 Å². The van der Waals surface area contributed by atoms with Crippen molar-refractivity contribution in [1.82, 2.24) is 5.32 Å². The summed E-state index contributed by atoms with van der Waals surface area (Å²) in [6.45, 7) is 9.29. The van der Waals surface area contributed by atoms with Crippen LogP contribution in [0.1, 0.15) is 46.1 Å². The summed E-state index contributed by atoms with van der Waals surface area (Å²) in [6.07, 6.45) is 2.48. The van der Waals surface area contributed by atoms with E-state index in [-0.39, 0.29) is 5.41 Å². The van der Waals surface area contributed by atoms with Crippen molar-refractivity contribution in [2.45, 2.75) is 52.0 Å². The van der Waals surface area contributed by atoms with Gasteiger partial charge in [-0.1, -0.05) is 64.4 Å². The third-order valence-corrected chi connectivity index (χ3v) is 4.07. The molecule has 0 spiro atoms. The van der Waals surface area contributed by atoms with Gasteiger partial charge in [-0.25, -0.2) is 0 Å². The molecular weight excluding hydrogens is 206 g/mol. The van der Waals surface area contributed by atoms with Crippen LogP contribution in [0.2, 0.25) is 0 Å². The second kappa shape index (κ2) is 6.20. The van der Waals surface area contributed by atoms with E-state index in [1.54, 1.807) is 0 Å². The van der Waals surface area contributed by atoms with Crippen molar-refractivity contribution in [1.29, 1.82) is 0 Å². The van der Waals surface area contributed by atoms with E-state index in [1.807, 2.05) is 0 Å². The molecule has 0 saturated heterocycles. The van der Waals surface area contributed by atoms with Gasteiger partial charge in [-0.3, -0.25) is 0 Å². The number of hydrogen-bond donors (Lipinski definition) is 1. The smallest absolute Gasteiger partial charge is 0.0158 e. The van der Waals surface area contributed by atoms with Crippen molar-refractivity contribution in [3.63, 3.8) is 0 Å². The fourth-order valence-corrected chi connectivity index (χ4v) is 2.41. The Bertz CT molecular complexity index is 316. The van der Waals surface area contributed by atoms with Crippen molar-refractivity contribution in [2.24, 2.45) is 5.92 Å². The summed E-state index contributed by atoms with van der Waals surface area (Å²) < 4.78 is 0. The molecule has 1 nitrogen and oxygen atoms in total. The largest absolute Gasteiger partial charge is 0.316 e. The maximum Gasteiger partial charge on any atom is 0.0158 e. The van der Waals surface area contributed by atoms with Gasteiger partial charge in [0, 0.05) is 11.5 Å². The lowest BCUT2D eigenvalue weighted by atomic mass is 9.74. The summed E-state index contributed by atoms with van der Waals surface area (Å²) in [5.41, 5.74) is 1.60. The Labute approximate surface area is 107 Å². The van der Waals surface area contributed by atoms with Gasteiger partial charge in [0.1, 0.15) is 0 Å². The minimum absolute atomic E-state index is 0.180. The number of hydrogen-bond acceptors (Lipinski definition) is 1. The highest BCUT2D eigenvalue weighted by Gasteiger charge is 2.30. The van der Waals surface area contributed by atoms with Gasteiger partial charge in [-0.05, 0) is 24.9 Å². The molecule has 96 valence electrons. The van der Waals surface area contributed by atoms with E-state index in [0.29, 0.717) is 6.04 Å². The molecule has 1 rings (SSSR count). The molecule has 1 aromatic rings. The molecule has 0 bridgehead atoms. The lowest BCUT2D eigenvalue weighted by Crippen LogP contribution is -2.44. The van der Waals surface area contributed by atoms with Crippen LogP contribution in [0.25, 0.3) is 0 Å². The first-order valence-corrected chi connectivity index (χ1v) is 6.75. The van der Waals surface area contributed by atoms with Gasteiger partial charge >= 0.3 is 0 Å². The molecule has 2 atom stereocenters. The third-order valence-electron chi connectivity index (χ3n) is 4.07. The monoisotopic (exact) mass is 233 g/mol. The normalized spacial score (nSPS) is 15.6. The average Bonchev–Trinajstić information content (AvgIpc) is 2.36. The Kier molecular flexibility index (Phi) is 5.20. The van der Waals surface area contributed by atoms with Crippen LogP contribution < -0.4 is 5.32 Å². The zero-order valence-corrected chi connectivity index (χ0v) is 12.0. The van der Waals surface area contributed by atoms with Gasteiger partial charge in [-0.15, -0.1) is 0 Å². The maximum absolute atomic E-state index is 3.51.